The average molecular weight is 337 g/mol. The van der Waals surface area contributed by atoms with Gasteiger partial charge in [0.1, 0.15) is 10.8 Å². The summed E-state index contributed by atoms with van der Waals surface area (Å²) < 4.78 is 13.3. The van der Waals surface area contributed by atoms with Crippen molar-refractivity contribution in [3.63, 3.8) is 0 Å². The second kappa shape index (κ2) is 6.09. The smallest absolute Gasteiger partial charge is 0.123 e. The van der Waals surface area contributed by atoms with Crippen LogP contribution < -0.4 is 10.4 Å². The molecule has 0 atom stereocenters. The molecule has 3 heterocycles. The highest BCUT2D eigenvalue weighted by Gasteiger charge is 2.25. The zero-order valence-corrected chi connectivity index (χ0v) is 14.0. The number of hydrogen-bond donors (Lipinski definition) is 1. The Balaban J connectivity index is 1.77. The minimum Gasteiger partial charge on any atom is -0.296 e. The highest BCUT2D eigenvalue weighted by molar-refractivity contribution is 7.14. The van der Waals surface area contributed by atoms with Crippen LogP contribution in [0.4, 0.5) is 9.39 Å². The molecule has 1 aliphatic heterocycles. The molecule has 5 heteroatoms. The van der Waals surface area contributed by atoms with Gasteiger partial charge in [0.05, 0.1) is 12.2 Å². The molecular weight excluding hydrogens is 321 g/mol. The summed E-state index contributed by atoms with van der Waals surface area (Å²) in [6, 6.07) is 12.7. The highest BCUT2D eigenvalue weighted by Crippen LogP contribution is 2.35. The maximum absolute atomic E-state index is 13.3. The topological polar surface area (TPSA) is 28.2 Å². The molecule has 0 aliphatic carbocycles. The van der Waals surface area contributed by atoms with E-state index in [9.17, 15) is 4.39 Å². The van der Waals surface area contributed by atoms with Crippen LogP contribution in [-0.2, 0) is 0 Å². The third-order valence-electron chi connectivity index (χ3n) is 4.11. The SMILES string of the molecule is Cc1ccsc1N1CC(c2ccncc2)=C(c2ccc(F)cc2)N1. The summed E-state index contributed by atoms with van der Waals surface area (Å²) in [5.41, 5.74) is 9.01. The Hall–Kier alpha value is -2.66. The summed E-state index contributed by atoms with van der Waals surface area (Å²) in [5, 5.41) is 5.43. The molecule has 0 amide bonds. The first kappa shape index (κ1) is 14.9. The Morgan fingerprint density at radius 1 is 1.04 bits per heavy atom. The number of halogens is 1. The van der Waals surface area contributed by atoms with Crippen LogP contribution in [0, 0.1) is 12.7 Å². The van der Waals surface area contributed by atoms with Gasteiger partial charge in [0.2, 0.25) is 0 Å². The molecular formula is C19H16FN3S. The molecule has 1 aromatic carbocycles. The molecule has 0 spiro atoms. The molecule has 3 aromatic rings. The van der Waals surface area contributed by atoms with E-state index in [1.807, 2.05) is 24.3 Å². The predicted octanol–water partition coefficient (Wildman–Crippen LogP) is 4.48. The van der Waals surface area contributed by atoms with E-state index in [1.165, 1.54) is 28.3 Å². The van der Waals surface area contributed by atoms with Crippen molar-refractivity contribution in [3.8, 4) is 0 Å². The van der Waals surface area contributed by atoms with Crippen molar-refractivity contribution < 1.29 is 4.39 Å². The minimum atomic E-state index is -0.228. The molecule has 4 rings (SSSR count). The maximum Gasteiger partial charge on any atom is 0.123 e. The zero-order chi connectivity index (χ0) is 16.5. The lowest BCUT2D eigenvalue weighted by Gasteiger charge is -2.19. The second-order valence-electron chi connectivity index (χ2n) is 5.70. The van der Waals surface area contributed by atoms with Gasteiger partial charge in [0.25, 0.3) is 0 Å². The molecule has 3 nitrogen and oxygen atoms in total. The van der Waals surface area contributed by atoms with Gasteiger partial charge in [-0.1, -0.05) is 0 Å². The number of nitrogens with one attached hydrogen (secondary N) is 1. The number of benzene rings is 1. The molecule has 1 aliphatic rings. The summed E-state index contributed by atoms with van der Waals surface area (Å²) in [6.07, 6.45) is 3.59. The number of nitrogens with zero attached hydrogens (tertiary/aromatic N) is 2. The zero-order valence-electron chi connectivity index (χ0n) is 13.2. The van der Waals surface area contributed by atoms with E-state index < -0.39 is 0 Å². The first-order chi connectivity index (χ1) is 11.7. The van der Waals surface area contributed by atoms with Gasteiger partial charge in [-0.05, 0) is 71.5 Å². The third-order valence-corrected chi connectivity index (χ3v) is 5.14. The molecule has 24 heavy (non-hydrogen) atoms. The van der Waals surface area contributed by atoms with E-state index in [0.29, 0.717) is 0 Å². The van der Waals surface area contributed by atoms with Gasteiger partial charge in [-0.3, -0.25) is 15.4 Å². The van der Waals surface area contributed by atoms with Crippen LogP contribution in [0.3, 0.4) is 0 Å². The van der Waals surface area contributed by atoms with Crippen molar-refractivity contribution in [2.75, 3.05) is 11.6 Å². The van der Waals surface area contributed by atoms with Crippen LogP contribution in [0.15, 0.2) is 60.2 Å². The quantitative estimate of drug-likeness (QED) is 0.763. The van der Waals surface area contributed by atoms with Crippen LogP contribution in [0.2, 0.25) is 0 Å². The van der Waals surface area contributed by atoms with Crippen LogP contribution in [-0.4, -0.2) is 11.5 Å². The largest absolute Gasteiger partial charge is 0.296 e. The molecule has 0 fully saturated rings. The van der Waals surface area contributed by atoms with E-state index >= 15 is 0 Å². The van der Waals surface area contributed by atoms with Gasteiger partial charge in [-0.15, -0.1) is 11.3 Å². The Bertz CT molecular complexity index is 884. The molecule has 1 N–H and O–H groups in total. The lowest BCUT2D eigenvalue weighted by Crippen LogP contribution is -2.31. The minimum absolute atomic E-state index is 0.228. The highest BCUT2D eigenvalue weighted by atomic mass is 32.1. The molecule has 0 radical (unpaired) electrons. The molecule has 0 unspecified atom stereocenters. The molecule has 0 bridgehead atoms. The summed E-state index contributed by atoms with van der Waals surface area (Å²) in [6.45, 7) is 2.85. The van der Waals surface area contributed by atoms with Crippen molar-refractivity contribution in [2.45, 2.75) is 6.92 Å². The fourth-order valence-corrected chi connectivity index (χ4v) is 3.78. The predicted molar refractivity (Wildman–Crippen MR) is 97.0 cm³/mol. The molecule has 0 saturated heterocycles. The van der Waals surface area contributed by atoms with E-state index in [2.05, 4.69) is 33.8 Å². The summed E-state index contributed by atoms with van der Waals surface area (Å²) in [4.78, 5) is 4.11. The lowest BCUT2D eigenvalue weighted by molar-refractivity contribution is 0.627. The number of anilines is 1. The Morgan fingerprint density at radius 2 is 1.79 bits per heavy atom. The van der Waals surface area contributed by atoms with Crippen LogP contribution in [0.25, 0.3) is 11.3 Å². The van der Waals surface area contributed by atoms with Gasteiger partial charge >= 0.3 is 0 Å². The first-order valence-corrected chi connectivity index (χ1v) is 8.58. The van der Waals surface area contributed by atoms with Gasteiger partial charge in [-0.2, -0.15) is 0 Å². The maximum atomic E-state index is 13.3. The second-order valence-corrected chi connectivity index (χ2v) is 6.60. The molecule has 2 aromatic heterocycles. The normalized spacial score (nSPS) is 14.2. The van der Waals surface area contributed by atoms with Crippen molar-refractivity contribution >= 4 is 27.6 Å². The fourth-order valence-electron chi connectivity index (χ4n) is 2.89. The summed E-state index contributed by atoms with van der Waals surface area (Å²) in [5.74, 6) is -0.228. The van der Waals surface area contributed by atoms with Crippen molar-refractivity contribution in [3.05, 3.63) is 82.7 Å². The number of pyridine rings is 1. The van der Waals surface area contributed by atoms with Crippen molar-refractivity contribution in [1.29, 1.82) is 0 Å². The van der Waals surface area contributed by atoms with E-state index in [1.54, 1.807) is 23.7 Å². The molecule has 0 saturated carbocycles. The van der Waals surface area contributed by atoms with Crippen LogP contribution in [0.1, 0.15) is 16.7 Å². The van der Waals surface area contributed by atoms with Gasteiger partial charge in [0, 0.05) is 18.0 Å². The standard InChI is InChI=1S/C19H16FN3S/c1-13-8-11-24-19(13)23-12-17(14-6-9-21-10-7-14)18(22-23)15-2-4-16(20)5-3-15/h2-11,22H,12H2,1H3. The number of hydrazine groups is 1. The lowest BCUT2D eigenvalue weighted by atomic mass is 10.0. The van der Waals surface area contributed by atoms with E-state index in [4.69, 9.17) is 0 Å². The Kier molecular flexibility index (Phi) is 3.78. The van der Waals surface area contributed by atoms with Gasteiger partial charge < -0.3 is 0 Å². The first-order valence-electron chi connectivity index (χ1n) is 7.70. The Labute approximate surface area is 144 Å². The number of hydrogen-bond acceptors (Lipinski definition) is 4. The van der Waals surface area contributed by atoms with Gasteiger partial charge in [0.15, 0.2) is 0 Å². The van der Waals surface area contributed by atoms with Crippen molar-refractivity contribution in [1.82, 2.24) is 10.4 Å². The van der Waals surface area contributed by atoms with Crippen LogP contribution >= 0.6 is 11.3 Å². The fraction of sp³-hybridized carbons (Fsp3) is 0.105. The summed E-state index contributed by atoms with van der Waals surface area (Å²) in [7, 11) is 0. The van der Waals surface area contributed by atoms with Gasteiger partial charge in [-0.25, -0.2) is 4.39 Å². The van der Waals surface area contributed by atoms with Crippen LogP contribution in [0.5, 0.6) is 0 Å². The Morgan fingerprint density at radius 3 is 2.46 bits per heavy atom. The number of aryl methyl sites for hydroxylation is 1. The van der Waals surface area contributed by atoms with E-state index in [-0.39, 0.29) is 5.82 Å². The van der Waals surface area contributed by atoms with E-state index in [0.717, 1.165) is 23.4 Å². The monoisotopic (exact) mass is 337 g/mol. The van der Waals surface area contributed by atoms with Crippen molar-refractivity contribution in [2.24, 2.45) is 0 Å². The number of thiophene rings is 1. The molecule has 120 valence electrons. The third kappa shape index (κ3) is 2.67. The average Bonchev–Trinajstić information content (AvgIpc) is 3.22. The number of rotatable bonds is 3. The summed E-state index contributed by atoms with van der Waals surface area (Å²) >= 11 is 1.71. The number of aromatic nitrogens is 1.